The fourth-order valence-electron chi connectivity index (χ4n) is 2.74. The molecule has 2 aromatic carbocycles. The summed E-state index contributed by atoms with van der Waals surface area (Å²) in [7, 11) is -4.42. The first-order chi connectivity index (χ1) is 18.2. The molecule has 12 nitrogen and oxygen atoms in total. The minimum absolute atomic E-state index is 0.120. The van der Waals surface area contributed by atoms with E-state index in [0.717, 1.165) is 6.07 Å². The van der Waals surface area contributed by atoms with E-state index >= 15 is 0 Å². The van der Waals surface area contributed by atoms with Crippen molar-refractivity contribution in [3.8, 4) is 5.75 Å². The molecule has 0 spiro atoms. The second-order valence-corrected chi connectivity index (χ2v) is 9.88. The molecular weight excluding hydrogens is 573 g/mol. The Morgan fingerprint density at radius 3 is 2.33 bits per heavy atom. The number of carbonyl (C=O) groups excluding carboxylic acids is 2. The van der Waals surface area contributed by atoms with Gasteiger partial charge in [-0.15, -0.1) is 0 Å². The molecule has 0 bridgehead atoms. The number of carbonyl (C=O) groups is 2. The summed E-state index contributed by atoms with van der Waals surface area (Å²) >= 11 is 5.98. The predicted molar refractivity (Wildman–Crippen MR) is 131 cm³/mol. The van der Waals surface area contributed by atoms with Gasteiger partial charge in [-0.3, -0.25) is 0 Å². The molecule has 0 aliphatic rings. The molecule has 5 N–H and O–H groups in total. The van der Waals surface area contributed by atoms with Crippen molar-refractivity contribution < 1.29 is 50.5 Å². The Morgan fingerprint density at radius 2 is 1.74 bits per heavy atom. The molecule has 0 unspecified atom stereocenters. The van der Waals surface area contributed by atoms with Gasteiger partial charge in [0.25, 0.3) is 0 Å². The van der Waals surface area contributed by atoms with Crippen molar-refractivity contribution in [2.24, 2.45) is 16.6 Å². The fraction of sp³-hybridized carbons (Fsp3) is 0.318. The zero-order chi connectivity index (χ0) is 29.2. The van der Waals surface area contributed by atoms with E-state index in [1.54, 1.807) is 6.92 Å². The third-order valence-electron chi connectivity index (χ3n) is 4.65. The lowest BCUT2D eigenvalue weighted by Gasteiger charge is -2.17. The SMILES string of the molecule is Cc1ccc(S(=O)(=O)N[C@@H](Cc2ccc(OCCCON=C(N)N)cc2)C(=O)OOC(=O)C(F)(F)F)cc1Cl. The molecule has 0 aliphatic heterocycles. The van der Waals surface area contributed by atoms with Crippen LogP contribution >= 0.6 is 11.6 Å². The minimum Gasteiger partial charge on any atom is -0.493 e. The Kier molecular flexibility index (Phi) is 11.2. The summed E-state index contributed by atoms with van der Waals surface area (Å²) in [6.45, 7) is 2.05. The van der Waals surface area contributed by atoms with Crippen molar-refractivity contribution in [3.63, 3.8) is 0 Å². The maximum Gasteiger partial charge on any atom is 0.495 e. The number of hydrogen-bond donors (Lipinski definition) is 3. The average Bonchev–Trinajstić information content (AvgIpc) is 2.85. The van der Waals surface area contributed by atoms with E-state index in [1.807, 2.05) is 4.72 Å². The Balaban J connectivity index is 2.13. The summed E-state index contributed by atoms with van der Waals surface area (Å²) in [6.07, 6.45) is -5.40. The van der Waals surface area contributed by atoms with Crippen molar-refractivity contribution >= 4 is 39.5 Å². The summed E-state index contributed by atoms with van der Waals surface area (Å²) in [5.41, 5.74) is 11.2. The van der Waals surface area contributed by atoms with E-state index in [1.165, 1.54) is 36.4 Å². The molecule has 0 amide bonds. The smallest absolute Gasteiger partial charge is 0.493 e. The topological polar surface area (TPSA) is 182 Å². The molecule has 2 rings (SSSR count). The van der Waals surface area contributed by atoms with Gasteiger partial charge < -0.3 is 21.0 Å². The first-order valence-corrected chi connectivity index (χ1v) is 12.8. The number of guanidine groups is 1. The van der Waals surface area contributed by atoms with E-state index < -0.39 is 40.6 Å². The molecule has 0 radical (unpaired) electrons. The van der Waals surface area contributed by atoms with Gasteiger partial charge in [-0.1, -0.05) is 29.8 Å². The fourth-order valence-corrected chi connectivity index (χ4v) is 4.20. The molecule has 0 aliphatic carbocycles. The van der Waals surface area contributed by atoms with Crippen molar-refractivity contribution in [2.45, 2.75) is 36.9 Å². The number of ether oxygens (including phenoxy) is 1. The third kappa shape index (κ3) is 10.5. The third-order valence-corrected chi connectivity index (χ3v) is 6.52. The number of nitrogens with zero attached hydrogens (tertiary/aromatic N) is 1. The number of oxime groups is 1. The van der Waals surface area contributed by atoms with Crippen LogP contribution in [0.3, 0.4) is 0 Å². The van der Waals surface area contributed by atoms with Gasteiger partial charge in [0.05, 0.1) is 11.5 Å². The maximum absolute atomic E-state index is 12.9. The van der Waals surface area contributed by atoms with Crippen molar-refractivity contribution in [3.05, 3.63) is 58.6 Å². The van der Waals surface area contributed by atoms with Crippen LogP contribution < -0.4 is 20.9 Å². The van der Waals surface area contributed by atoms with Crippen LogP contribution in [0.2, 0.25) is 5.02 Å². The molecule has 214 valence electrons. The van der Waals surface area contributed by atoms with Crippen LogP contribution in [0.25, 0.3) is 0 Å². The predicted octanol–water partition coefficient (Wildman–Crippen LogP) is 2.08. The first-order valence-electron chi connectivity index (χ1n) is 10.9. The number of halogens is 4. The van der Waals surface area contributed by atoms with Gasteiger partial charge >= 0.3 is 18.1 Å². The van der Waals surface area contributed by atoms with Crippen LogP contribution in [0.15, 0.2) is 52.5 Å². The molecule has 0 saturated heterocycles. The quantitative estimate of drug-likeness (QED) is 0.108. The van der Waals surface area contributed by atoms with Crippen LogP contribution in [0.1, 0.15) is 17.5 Å². The summed E-state index contributed by atoms with van der Waals surface area (Å²) < 4.78 is 70.5. The second-order valence-electron chi connectivity index (χ2n) is 7.76. The van der Waals surface area contributed by atoms with Gasteiger partial charge in [0, 0.05) is 11.4 Å². The van der Waals surface area contributed by atoms with E-state index in [-0.39, 0.29) is 29.1 Å². The standard InChI is InChI=1S/C22H24ClF3N4O8S/c1-13-3-8-16(12-17(13)23)39(33,34)30-18(19(31)37-38-20(32)22(24,25)26)11-14-4-6-15(7-5-14)35-9-2-10-36-29-21(27)28/h3-8,12,18,30H,2,9-11H2,1H3,(H4,27,28,29)/t18-/m0/s1. The second kappa shape index (κ2) is 13.9. The van der Waals surface area contributed by atoms with Crippen LogP contribution in [-0.2, 0) is 40.6 Å². The van der Waals surface area contributed by atoms with E-state index in [9.17, 15) is 31.2 Å². The normalized spacial score (nSPS) is 12.2. The largest absolute Gasteiger partial charge is 0.495 e. The van der Waals surface area contributed by atoms with E-state index in [2.05, 4.69) is 14.9 Å². The Labute approximate surface area is 225 Å². The van der Waals surface area contributed by atoms with Crippen molar-refractivity contribution in [1.29, 1.82) is 0 Å². The van der Waals surface area contributed by atoms with E-state index in [0.29, 0.717) is 23.3 Å². The van der Waals surface area contributed by atoms with Gasteiger partial charge in [-0.05, 0) is 53.9 Å². The molecule has 39 heavy (non-hydrogen) atoms. The lowest BCUT2D eigenvalue weighted by atomic mass is 10.1. The number of aryl methyl sites for hydroxylation is 1. The number of alkyl halides is 3. The average molecular weight is 597 g/mol. The molecule has 17 heteroatoms. The number of nitrogens with one attached hydrogen (secondary N) is 1. The Morgan fingerprint density at radius 1 is 1.08 bits per heavy atom. The van der Waals surface area contributed by atoms with Gasteiger partial charge in [0.1, 0.15) is 18.4 Å². The van der Waals surface area contributed by atoms with Crippen LogP contribution in [0, 0.1) is 6.92 Å². The zero-order valence-corrected chi connectivity index (χ0v) is 21.8. The molecule has 0 fully saturated rings. The van der Waals surface area contributed by atoms with E-state index in [4.69, 9.17) is 32.6 Å². The first kappa shape index (κ1) is 31.5. The van der Waals surface area contributed by atoms with Crippen LogP contribution in [0.5, 0.6) is 5.75 Å². The highest BCUT2D eigenvalue weighted by molar-refractivity contribution is 7.89. The highest BCUT2D eigenvalue weighted by Gasteiger charge is 2.43. The van der Waals surface area contributed by atoms with Gasteiger partial charge in [0.15, 0.2) is 0 Å². The Hall–Kier alpha value is -3.76. The summed E-state index contributed by atoms with van der Waals surface area (Å²) in [4.78, 5) is 35.4. The van der Waals surface area contributed by atoms with Crippen molar-refractivity contribution in [2.75, 3.05) is 13.2 Å². The van der Waals surface area contributed by atoms with Crippen LogP contribution in [0.4, 0.5) is 13.2 Å². The monoisotopic (exact) mass is 596 g/mol. The maximum atomic E-state index is 12.9. The Bertz CT molecular complexity index is 1290. The summed E-state index contributed by atoms with van der Waals surface area (Å²) in [5.74, 6) is -4.21. The summed E-state index contributed by atoms with van der Waals surface area (Å²) in [5, 5.41) is 3.47. The number of rotatable bonds is 12. The van der Waals surface area contributed by atoms with Crippen LogP contribution in [-0.4, -0.2) is 51.7 Å². The lowest BCUT2D eigenvalue weighted by molar-refractivity contribution is -0.286. The van der Waals surface area contributed by atoms with Crippen molar-refractivity contribution in [1.82, 2.24) is 4.72 Å². The highest BCUT2D eigenvalue weighted by atomic mass is 35.5. The molecule has 0 heterocycles. The molecule has 0 saturated carbocycles. The summed E-state index contributed by atoms with van der Waals surface area (Å²) in [6, 6.07) is 7.93. The number of nitrogens with two attached hydrogens (primary N) is 2. The number of benzene rings is 2. The van der Waals surface area contributed by atoms with Gasteiger partial charge in [0.2, 0.25) is 16.0 Å². The lowest BCUT2D eigenvalue weighted by Crippen LogP contribution is -2.44. The zero-order valence-electron chi connectivity index (χ0n) is 20.2. The molecule has 2 aromatic rings. The number of sulfonamides is 1. The highest BCUT2D eigenvalue weighted by Crippen LogP contribution is 2.22. The minimum atomic E-state index is -5.44. The number of hydrogen-bond acceptors (Lipinski definition) is 9. The molecular formula is C22H24ClF3N4O8S. The molecule has 0 aromatic heterocycles. The van der Waals surface area contributed by atoms with Gasteiger partial charge in [-0.25, -0.2) is 27.8 Å². The van der Waals surface area contributed by atoms with Gasteiger partial charge in [-0.2, -0.15) is 17.9 Å². The molecule has 1 atom stereocenters.